The molecule has 0 spiro atoms. The minimum absolute atomic E-state index is 0.0975. The fourth-order valence-electron chi connectivity index (χ4n) is 1.88. The molecule has 1 aliphatic heterocycles. The molecule has 1 atom stereocenters. The van der Waals surface area contributed by atoms with Gasteiger partial charge in [0.15, 0.2) is 0 Å². The van der Waals surface area contributed by atoms with Crippen LogP contribution in [0, 0.1) is 0 Å². The highest BCUT2D eigenvalue weighted by molar-refractivity contribution is 5.92. The Hall–Kier alpha value is -1.36. The second kappa shape index (κ2) is 4.65. The van der Waals surface area contributed by atoms with Crippen molar-refractivity contribution < 1.29 is 4.79 Å². The number of carbonyl (C=O) groups excluding carboxylic acids is 1. The van der Waals surface area contributed by atoms with Gasteiger partial charge in [-0.3, -0.25) is 4.79 Å². The first-order valence-corrected chi connectivity index (χ1v) is 5.72. The van der Waals surface area contributed by atoms with Gasteiger partial charge in [0, 0.05) is 24.8 Å². The van der Waals surface area contributed by atoms with Gasteiger partial charge in [-0.05, 0) is 26.8 Å². The molecule has 2 N–H and O–H groups in total. The summed E-state index contributed by atoms with van der Waals surface area (Å²) in [4.78, 5) is 15.8. The van der Waals surface area contributed by atoms with Gasteiger partial charge in [0.25, 0.3) is 5.91 Å². The molecule has 5 heteroatoms. The molecule has 1 unspecified atom stereocenters. The van der Waals surface area contributed by atoms with Crippen LogP contribution in [0.2, 0.25) is 0 Å². The minimum Gasteiger partial charge on any atom is -0.348 e. The van der Waals surface area contributed by atoms with E-state index in [1.807, 2.05) is 24.6 Å². The van der Waals surface area contributed by atoms with Gasteiger partial charge in [-0.2, -0.15) is 0 Å². The van der Waals surface area contributed by atoms with Crippen molar-refractivity contribution in [1.29, 1.82) is 0 Å². The Morgan fingerprint density at radius 2 is 2.50 bits per heavy atom. The van der Waals surface area contributed by atoms with Crippen molar-refractivity contribution >= 4 is 5.91 Å². The van der Waals surface area contributed by atoms with Crippen LogP contribution in [0.1, 0.15) is 36.8 Å². The second-order valence-electron chi connectivity index (χ2n) is 4.48. The van der Waals surface area contributed by atoms with Crippen molar-refractivity contribution in [2.75, 3.05) is 13.1 Å². The molecule has 2 rings (SSSR count). The molecule has 0 bridgehead atoms. The van der Waals surface area contributed by atoms with E-state index in [4.69, 9.17) is 0 Å². The lowest BCUT2D eigenvalue weighted by Gasteiger charge is -2.09. The third-order valence-electron chi connectivity index (χ3n) is 2.71. The maximum atomic E-state index is 11.7. The molecule has 1 aromatic heterocycles. The first-order valence-electron chi connectivity index (χ1n) is 5.72. The van der Waals surface area contributed by atoms with Crippen LogP contribution in [0.25, 0.3) is 0 Å². The number of imidazole rings is 1. The topological polar surface area (TPSA) is 59.0 Å². The largest absolute Gasteiger partial charge is 0.348 e. The second-order valence-corrected chi connectivity index (χ2v) is 4.48. The third kappa shape index (κ3) is 2.41. The maximum absolute atomic E-state index is 11.7. The summed E-state index contributed by atoms with van der Waals surface area (Å²) in [5, 5.41) is 6.12. The van der Waals surface area contributed by atoms with Crippen LogP contribution in [0.5, 0.6) is 0 Å². The summed E-state index contributed by atoms with van der Waals surface area (Å²) in [6.45, 7) is 5.88. The van der Waals surface area contributed by atoms with E-state index in [1.165, 1.54) is 0 Å². The highest BCUT2D eigenvalue weighted by Crippen LogP contribution is 2.14. The van der Waals surface area contributed by atoms with E-state index >= 15 is 0 Å². The molecule has 1 amide bonds. The fourth-order valence-corrected chi connectivity index (χ4v) is 1.88. The van der Waals surface area contributed by atoms with E-state index in [-0.39, 0.29) is 11.9 Å². The lowest BCUT2D eigenvalue weighted by Crippen LogP contribution is -2.30. The van der Waals surface area contributed by atoms with Gasteiger partial charge >= 0.3 is 0 Å². The summed E-state index contributed by atoms with van der Waals surface area (Å²) < 4.78 is 2.02. The summed E-state index contributed by atoms with van der Waals surface area (Å²) in [6.07, 6.45) is 4.67. The van der Waals surface area contributed by atoms with Gasteiger partial charge in [0.1, 0.15) is 5.69 Å². The van der Waals surface area contributed by atoms with E-state index in [1.54, 1.807) is 6.33 Å². The van der Waals surface area contributed by atoms with Gasteiger partial charge in [0.2, 0.25) is 0 Å². The predicted octanol–water partition coefficient (Wildman–Crippen LogP) is 0.556. The van der Waals surface area contributed by atoms with E-state index < -0.39 is 0 Å². The molecule has 0 radical (unpaired) electrons. The number of hydrogen-bond acceptors (Lipinski definition) is 3. The lowest BCUT2D eigenvalue weighted by atomic mass is 10.2. The summed E-state index contributed by atoms with van der Waals surface area (Å²) >= 11 is 0. The average Bonchev–Trinajstić information content (AvgIpc) is 2.87. The SMILES string of the molecule is CC(C)NC(=O)c1cn(C2CCNC2)cn1. The number of rotatable bonds is 3. The standard InChI is InChI=1S/C11H18N4O/c1-8(2)14-11(16)10-6-15(7-13-10)9-3-4-12-5-9/h6-9,12H,3-5H2,1-2H3,(H,14,16). The molecular formula is C11H18N4O. The summed E-state index contributed by atoms with van der Waals surface area (Å²) in [7, 11) is 0. The molecule has 16 heavy (non-hydrogen) atoms. The molecule has 1 saturated heterocycles. The molecule has 0 aromatic carbocycles. The highest BCUT2D eigenvalue weighted by Gasteiger charge is 2.18. The van der Waals surface area contributed by atoms with Gasteiger partial charge in [-0.15, -0.1) is 0 Å². The van der Waals surface area contributed by atoms with Gasteiger partial charge in [0.05, 0.1) is 6.33 Å². The molecule has 2 heterocycles. The normalized spacial score (nSPS) is 20.3. The Labute approximate surface area is 95.2 Å². The van der Waals surface area contributed by atoms with E-state index in [2.05, 4.69) is 15.6 Å². The molecule has 1 aliphatic rings. The Bertz CT molecular complexity index is 366. The third-order valence-corrected chi connectivity index (χ3v) is 2.71. The summed E-state index contributed by atoms with van der Waals surface area (Å²) in [5.41, 5.74) is 0.501. The maximum Gasteiger partial charge on any atom is 0.271 e. The molecule has 88 valence electrons. The summed E-state index contributed by atoms with van der Waals surface area (Å²) in [5.74, 6) is -0.0975. The van der Waals surface area contributed by atoms with Crippen molar-refractivity contribution in [2.24, 2.45) is 0 Å². The van der Waals surface area contributed by atoms with E-state index in [0.29, 0.717) is 11.7 Å². The van der Waals surface area contributed by atoms with Crippen LogP contribution in [0.3, 0.4) is 0 Å². The van der Waals surface area contributed by atoms with Gasteiger partial charge in [-0.25, -0.2) is 4.98 Å². The fraction of sp³-hybridized carbons (Fsp3) is 0.636. The molecule has 0 saturated carbocycles. The monoisotopic (exact) mass is 222 g/mol. The molecule has 1 aromatic rings. The number of nitrogens with zero attached hydrogens (tertiary/aromatic N) is 2. The average molecular weight is 222 g/mol. The van der Waals surface area contributed by atoms with Gasteiger partial charge in [-0.1, -0.05) is 0 Å². The number of aromatic nitrogens is 2. The highest BCUT2D eigenvalue weighted by atomic mass is 16.1. The quantitative estimate of drug-likeness (QED) is 0.785. The van der Waals surface area contributed by atoms with Gasteiger partial charge < -0.3 is 15.2 Å². The summed E-state index contributed by atoms with van der Waals surface area (Å²) in [6, 6.07) is 0.582. The van der Waals surface area contributed by atoms with Crippen molar-refractivity contribution in [3.05, 3.63) is 18.2 Å². The van der Waals surface area contributed by atoms with E-state index in [9.17, 15) is 4.79 Å². The lowest BCUT2D eigenvalue weighted by molar-refractivity contribution is 0.0938. The minimum atomic E-state index is -0.0975. The Morgan fingerprint density at radius 3 is 3.12 bits per heavy atom. The molecule has 5 nitrogen and oxygen atoms in total. The zero-order valence-corrected chi connectivity index (χ0v) is 9.73. The Balaban J connectivity index is 2.03. The van der Waals surface area contributed by atoms with Crippen LogP contribution < -0.4 is 10.6 Å². The van der Waals surface area contributed by atoms with Crippen LogP contribution in [0.4, 0.5) is 0 Å². The van der Waals surface area contributed by atoms with Crippen LogP contribution in [-0.4, -0.2) is 34.6 Å². The number of hydrogen-bond donors (Lipinski definition) is 2. The van der Waals surface area contributed by atoms with Crippen molar-refractivity contribution in [1.82, 2.24) is 20.2 Å². The smallest absolute Gasteiger partial charge is 0.271 e. The first kappa shape index (κ1) is 11.1. The predicted molar refractivity (Wildman–Crippen MR) is 61.4 cm³/mol. The molecule has 0 aliphatic carbocycles. The molecular weight excluding hydrogens is 204 g/mol. The first-order chi connectivity index (χ1) is 7.66. The van der Waals surface area contributed by atoms with Crippen molar-refractivity contribution in [2.45, 2.75) is 32.4 Å². The zero-order chi connectivity index (χ0) is 11.5. The zero-order valence-electron chi connectivity index (χ0n) is 9.73. The van der Waals surface area contributed by atoms with E-state index in [0.717, 1.165) is 19.5 Å². The number of nitrogens with one attached hydrogen (secondary N) is 2. The molecule has 1 fully saturated rings. The van der Waals surface area contributed by atoms with Crippen molar-refractivity contribution in [3.8, 4) is 0 Å². The van der Waals surface area contributed by atoms with Crippen LogP contribution in [0.15, 0.2) is 12.5 Å². The van der Waals surface area contributed by atoms with Crippen LogP contribution >= 0.6 is 0 Å². The Kier molecular flexibility index (Phi) is 3.24. The van der Waals surface area contributed by atoms with Crippen molar-refractivity contribution in [3.63, 3.8) is 0 Å². The number of amides is 1. The Morgan fingerprint density at radius 1 is 1.69 bits per heavy atom. The number of carbonyl (C=O) groups is 1. The van der Waals surface area contributed by atoms with Crippen LogP contribution in [-0.2, 0) is 0 Å².